The molecule has 30 unspecified atom stereocenters. The van der Waals surface area contributed by atoms with Crippen LogP contribution in [0.15, 0.2) is 35.4 Å². The van der Waals surface area contributed by atoms with Crippen LogP contribution in [0.2, 0.25) is 0 Å². The summed E-state index contributed by atoms with van der Waals surface area (Å²) in [5.74, 6) is 31.8. The number of fused-ring (bicyclic) bond motifs is 1. The molecule has 1 heterocycles. The van der Waals surface area contributed by atoms with E-state index in [1.807, 2.05) is 0 Å². The van der Waals surface area contributed by atoms with E-state index in [0.717, 1.165) is 118 Å². The van der Waals surface area contributed by atoms with E-state index in [1.54, 1.807) is 51.4 Å². The first-order chi connectivity index (χ1) is 29.7. The number of unbranched alkanes of at least 4 members (excludes halogenated alkanes) is 8. The van der Waals surface area contributed by atoms with Gasteiger partial charge in [-0.05, 0) is 253 Å². The fourth-order valence-corrected chi connectivity index (χ4v) is 28.4. The first-order valence-corrected chi connectivity index (χ1v) is 27.9. The van der Waals surface area contributed by atoms with Crippen molar-refractivity contribution in [2.24, 2.45) is 171 Å². The molecule has 15 fully saturated rings. The molecule has 1 aliphatic heterocycles. The Morgan fingerprint density at radius 2 is 1.08 bits per heavy atom. The normalized spacial score (nSPS) is 64.0. The van der Waals surface area contributed by atoms with Crippen LogP contribution < -0.4 is 4.90 Å². The summed E-state index contributed by atoms with van der Waals surface area (Å²) >= 11 is 0. The molecule has 1 saturated heterocycles. The van der Waals surface area contributed by atoms with Crippen molar-refractivity contribution in [3.05, 3.63) is 35.4 Å². The lowest BCUT2D eigenvalue weighted by atomic mass is 9.40. The monoisotopic (exact) mass is 802 g/mol. The molecule has 0 radical (unpaired) electrons. The first kappa shape index (κ1) is 34.0. The van der Waals surface area contributed by atoms with Gasteiger partial charge in [-0.2, -0.15) is 0 Å². The van der Waals surface area contributed by atoms with Gasteiger partial charge >= 0.3 is 0 Å². The average molecular weight is 802 g/mol. The summed E-state index contributed by atoms with van der Waals surface area (Å²) in [5.41, 5.74) is 6.48. The van der Waals surface area contributed by atoms with Crippen LogP contribution >= 0.6 is 0 Å². The smallest absolute Gasteiger partial charge is 0.115 e. The van der Waals surface area contributed by atoms with Gasteiger partial charge in [0.25, 0.3) is 0 Å². The Hall–Kier alpha value is -1.44. The Balaban J connectivity index is 0.828. The summed E-state index contributed by atoms with van der Waals surface area (Å²) in [6.45, 7) is 3.72. The predicted octanol–water partition coefficient (Wildman–Crippen LogP) is 12.4. The van der Waals surface area contributed by atoms with Crippen LogP contribution in [0.4, 0.5) is 5.69 Å². The van der Waals surface area contributed by atoms with Crippen molar-refractivity contribution in [3.8, 4) is 5.75 Å². The number of hydrogen-bond donors (Lipinski definition) is 1. The van der Waals surface area contributed by atoms with Gasteiger partial charge < -0.3 is 10.0 Å². The van der Waals surface area contributed by atoms with E-state index >= 15 is 0 Å². The minimum absolute atomic E-state index is 0.460. The van der Waals surface area contributed by atoms with Gasteiger partial charge in [0.05, 0.1) is 0 Å². The van der Waals surface area contributed by atoms with Crippen molar-refractivity contribution >= 4 is 5.69 Å². The molecule has 16 aliphatic carbocycles. The Kier molecular flexibility index (Phi) is 6.21. The van der Waals surface area contributed by atoms with Crippen LogP contribution in [0, 0.1) is 171 Å². The minimum atomic E-state index is 0.460. The zero-order valence-corrected chi connectivity index (χ0v) is 36.9. The number of phenols is 1. The van der Waals surface area contributed by atoms with Gasteiger partial charge in [0.15, 0.2) is 0 Å². The lowest BCUT2D eigenvalue weighted by Gasteiger charge is -2.64. The van der Waals surface area contributed by atoms with Crippen LogP contribution in [0.1, 0.15) is 122 Å². The van der Waals surface area contributed by atoms with E-state index in [4.69, 9.17) is 0 Å². The molecule has 318 valence electrons. The van der Waals surface area contributed by atoms with Crippen LogP contribution in [0.25, 0.3) is 0 Å². The Bertz CT molecular complexity index is 2100. The SMILES string of the molecule is CCCCCCCCCCCC1N(c2ccc(O)cc2)CC2C3CC4=C5C6C(C4)CC4CC7CC8CC9CC%10CC21C1C%10C2C9C9C8C7C7C4C6C4C6C5C3C1C6C2C9C74. The van der Waals surface area contributed by atoms with E-state index in [9.17, 15) is 5.11 Å². The predicted molar refractivity (Wildman–Crippen MR) is 235 cm³/mol. The molecule has 60 heavy (non-hydrogen) atoms. The zero-order valence-electron chi connectivity index (χ0n) is 36.9. The fourth-order valence-electron chi connectivity index (χ4n) is 28.4. The Morgan fingerprint density at radius 1 is 0.533 bits per heavy atom. The van der Waals surface area contributed by atoms with Crippen molar-refractivity contribution < 1.29 is 5.11 Å². The molecule has 18 rings (SSSR count). The van der Waals surface area contributed by atoms with Gasteiger partial charge in [0.2, 0.25) is 0 Å². The van der Waals surface area contributed by atoms with E-state index in [1.165, 1.54) is 130 Å². The highest BCUT2D eigenvalue weighted by atomic mass is 16.3. The maximum atomic E-state index is 10.6. The quantitative estimate of drug-likeness (QED) is 0.178. The largest absolute Gasteiger partial charge is 0.508 e. The van der Waals surface area contributed by atoms with Crippen molar-refractivity contribution in [3.63, 3.8) is 0 Å². The molecule has 0 aromatic heterocycles. The second-order valence-electron chi connectivity index (χ2n) is 27.5. The highest BCUT2D eigenvalue weighted by molar-refractivity contribution is 5.54. The molecule has 1 N–H and O–H groups in total. The molecular formula is C58H75NO. The van der Waals surface area contributed by atoms with Gasteiger partial charge in [0, 0.05) is 18.3 Å². The number of anilines is 1. The maximum Gasteiger partial charge on any atom is 0.115 e. The third-order valence-electron chi connectivity index (χ3n) is 27.4. The van der Waals surface area contributed by atoms with E-state index in [0.29, 0.717) is 11.2 Å². The average Bonchev–Trinajstić information content (AvgIpc) is 4.11. The summed E-state index contributed by atoms with van der Waals surface area (Å²) in [4.78, 5) is 3.12. The van der Waals surface area contributed by atoms with Crippen LogP contribution in [-0.2, 0) is 0 Å². The highest BCUT2D eigenvalue weighted by Gasteiger charge is 2.89. The van der Waals surface area contributed by atoms with E-state index in [-0.39, 0.29) is 0 Å². The third kappa shape index (κ3) is 3.40. The molecule has 30 atom stereocenters. The molecule has 0 bridgehead atoms. The minimum Gasteiger partial charge on any atom is -0.508 e. The highest BCUT2D eigenvalue weighted by Crippen LogP contribution is 2.93. The second-order valence-corrected chi connectivity index (χ2v) is 27.5. The van der Waals surface area contributed by atoms with E-state index in [2.05, 4.69) is 47.2 Å². The van der Waals surface area contributed by atoms with Crippen molar-refractivity contribution in [2.45, 2.75) is 129 Å². The Labute approximate surface area is 361 Å². The van der Waals surface area contributed by atoms with Gasteiger partial charge in [-0.1, -0.05) is 75.9 Å². The lowest BCUT2D eigenvalue weighted by molar-refractivity contribution is -0.168. The molecule has 1 aromatic rings. The van der Waals surface area contributed by atoms with Gasteiger partial charge in [0.1, 0.15) is 5.75 Å². The molecule has 2 nitrogen and oxygen atoms in total. The van der Waals surface area contributed by atoms with Crippen LogP contribution in [-0.4, -0.2) is 17.7 Å². The van der Waals surface area contributed by atoms with Gasteiger partial charge in [-0.3, -0.25) is 0 Å². The van der Waals surface area contributed by atoms with Crippen LogP contribution in [0.3, 0.4) is 0 Å². The Morgan fingerprint density at radius 3 is 1.80 bits per heavy atom. The number of aromatic hydroxyl groups is 1. The number of allylic oxidation sites excluding steroid dienone is 2. The molecule has 2 heteroatoms. The summed E-state index contributed by atoms with van der Waals surface area (Å²) in [6.07, 6.45) is 27.7. The standard InChI is InChI=1S/C58H75NO/c1-2-3-4-5-6-7-8-9-10-11-36-58-23-31-21-29-19-26-16-25-17-28-18-27-20-30-22-34(35(58)24-59(36)32-12-14-33(60)15-13-32)44-49-40(30)39(27)46-41(28)45-37(25)38(26)47-42(29)48-43(31)57(58)56(44)55-53(48)51(47)50(45)52(46)54(49)55/h12-15,25-29,31,34-39,41-57,60H,2-11,16-24H2,1H3. The molecule has 17 aliphatic rings. The number of nitrogens with zero attached hydrogens (tertiary/aromatic N) is 1. The first-order valence-electron chi connectivity index (χ1n) is 27.9. The molecule has 0 amide bonds. The number of phenolic OH excluding ortho intramolecular Hbond substituents is 1. The summed E-state index contributed by atoms with van der Waals surface area (Å²) in [7, 11) is 0. The third-order valence-corrected chi connectivity index (χ3v) is 27.4. The summed E-state index contributed by atoms with van der Waals surface area (Å²) in [5, 5.41) is 10.6. The van der Waals surface area contributed by atoms with Crippen LogP contribution in [0.5, 0.6) is 5.75 Å². The van der Waals surface area contributed by atoms with E-state index < -0.39 is 0 Å². The number of rotatable bonds is 11. The molecule has 14 saturated carbocycles. The molecule has 1 spiro atoms. The topological polar surface area (TPSA) is 23.5 Å². The lowest BCUT2D eigenvalue weighted by Crippen LogP contribution is -2.62. The second kappa shape index (κ2) is 11.0. The summed E-state index contributed by atoms with van der Waals surface area (Å²) < 4.78 is 0. The number of benzene rings is 1. The molecular weight excluding hydrogens is 727 g/mol. The van der Waals surface area contributed by atoms with Crippen molar-refractivity contribution in [1.29, 1.82) is 0 Å². The maximum absolute atomic E-state index is 10.6. The van der Waals surface area contributed by atoms with Crippen molar-refractivity contribution in [1.82, 2.24) is 0 Å². The van der Waals surface area contributed by atoms with Gasteiger partial charge in [-0.15, -0.1) is 0 Å². The number of hydrogen-bond acceptors (Lipinski definition) is 2. The van der Waals surface area contributed by atoms with Gasteiger partial charge in [-0.25, -0.2) is 0 Å². The van der Waals surface area contributed by atoms with Crippen molar-refractivity contribution in [2.75, 3.05) is 11.4 Å². The zero-order chi connectivity index (χ0) is 38.4. The molecule has 1 aromatic carbocycles. The fraction of sp³-hybridized carbons (Fsp3) is 0.862. The summed E-state index contributed by atoms with van der Waals surface area (Å²) in [6, 6.07) is 9.59.